The first-order chi connectivity index (χ1) is 13.8. The fourth-order valence-electron chi connectivity index (χ4n) is 2.52. The lowest BCUT2D eigenvalue weighted by Crippen LogP contribution is -2.23. The minimum atomic E-state index is -0.630. The van der Waals surface area contributed by atoms with Gasteiger partial charge in [-0.3, -0.25) is 19.4 Å². The number of nitrogen functional groups attached to an aromatic ring is 1. The standard InChI is InChI=1S/C19H19N5O4S/c1-10-5-6-12(11(2)8-10)21-14(25)9-29-19-23-16(20)15(18(27)24-19)22-17(26)13-4-3-7-28-13/h3-8H,9H2,1-2H3,(H,21,25)(H,22,26)(H3,20,23,24,27). The highest BCUT2D eigenvalue weighted by Gasteiger charge is 2.16. The molecule has 0 spiro atoms. The predicted molar refractivity (Wildman–Crippen MR) is 111 cm³/mol. The quantitative estimate of drug-likeness (QED) is 0.359. The summed E-state index contributed by atoms with van der Waals surface area (Å²) in [5.74, 6) is -0.981. The van der Waals surface area contributed by atoms with Crippen molar-refractivity contribution >= 4 is 40.8 Å². The number of nitrogens with zero attached hydrogens (tertiary/aromatic N) is 1. The van der Waals surface area contributed by atoms with Gasteiger partial charge in [-0.1, -0.05) is 29.5 Å². The Morgan fingerprint density at radius 3 is 2.69 bits per heavy atom. The van der Waals surface area contributed by atoms with E-state index >= 15 is 0 Å². The molecule has 0 unspecified atom stereocenters. The second-order valence-electron chi connectivity index (χ2n) is 6.22. The van der Waals surface area contributed by atoms with Gasteiger partial charge >= 0.3 is 0 Å². The van der Waals surface area contributed by atoms with Crippen LogP contribution in [0.5, 0.6) is 0 Å². The topological polar surface area (TPSA) is 143 Å². The van der Waals surface area contributed by atoms with Crippen molar-refractivity contribution in [2.45, 2.75) is 19.0 Å². The fourth-order valence-corrected chi connectivity index (χ4v) is 3.18. The van der Waals surface area contributed by atoms with E-state index in [4.69, 9.17) is 10.2 Å². The largest absolute Gasteiger partial charge is 0.459 e. The molecule has 0 aliphatic heterocycles. The number of furan rings is 1. The van der Waals surface area contributed by atoms with Crippen LogP contribution in [0, 0.1) is 13.8 Å². The van der Waals surface area contributed by atoms with Gasteiger partial charge in [0.05, 0.1) is 12.0 Å². The van der Waals surface area contributed by atoms with Crippen molar-refractivity contribution in [2.24, 2.45) is 0 Å². The smallest absolute Gasteiger partial charge is 0.291 e. The van der Waals surface area contributed by atoms with Crippen molar-refractivity contribution in [3.05, 3.63) is 63.8 Å². The number of carbonyl (C=O) groups is 2. The molecule has 3 rings (SSSR count). The second-order valence-corrected chi connectivity index (χ2v) is 7.18. The Morgan fingerprint density at radius 2 is 2.03 bits per heavy atom. The summed E-state index contributed by atoms with van der Waals surface area (Å²) in [5, 5.41) is 5.34. The molecule has 0 saturated heterocycles. The number of nitrogens with one attached hydrogen (secondary N) is 3. The van der Waals surface area contributed by atoms with Crippen LogP contribution >= 0.6 is 11.8 Å². The van der Waals surface area contributed by atoms with E-state index in [0.717, 1.165) is 28.6 Å². The Labute approximate surface area is 170 Å². The summed E-state index contributed by atoms with van der Waals surface area (Å²) in [5.41, 5.74) is 7.76. The second kappa shape index (κ2) is 8.65. The molecular formula is C19H19N5O4S. The van der Waals surface area contributed by atoms with E-state index in [1.165, 1.54) is 12.3 Å². The Kier molecular flexibility index (Phi) is 6.03. The van der Waals surface area contributed by atoms with Crippen LogP contribution in [0.3, 0.4) is 0 Å². The number of hydrogen-bond donors (Lipinski definition) is 4. The maximum Gasteiger partial charge on any atom is 0.291 e. The molecule has 10 heteroatoms. The van der Waals surface area contributed by atoms with E-state index in [2.05, 4.69) is 20.6 Å². The maximum atomic E-state index is 12.2. The number of anilines is 3. The van der Waals surface area contributed by atoms with Crippen LogP contribution in [0.1, 0.15) is 21.7 Å². The molecule has 5 N–H and O–H groups in total. The van der Waals surface area contributed by atoms with Gasteiger partial charge in [0.25, 0.3) is 11.5 Å². The highest BCUT2D eigenvalue weighted by Crippen LogP contribution is 2.19. The molecule has 0 aliphatic carbocycles. The number of aromatic amines is 1. The zero-order valence-electron chi connectivity index (χ0n) is 15.7. The van der Waals surface area contributed by atoms with Crippen LogP contribution in [-0.2, 0) is 4.79 Å². The zero-order valence-corrected chi connectivity index (χ0v) is 16.6. The van der Waals surface area contributed by atoms with Crippen molar-refractivity contribution in [1.82, 2.24) is 9.97 Å². The van der Waals surface area contributed by atoms with E-state index in [0.29, 0.717) is 0 Å². The van der Waals surface area contributed by atoms with Crippen molar-refractivity contribution in [2.75, 3.05) is 22.1 Å². The van der Waals surface area contributed by atoms with Gasteiger partial charge in [0.15, 0.2) is 22.4 Å². The first-order valence-electron chi connectivity index (χ1n) is 8.58. The molecule has 2 aromatic heterocycles. The van der Waals surface area contributed by atoms with Gasteiger partial charge in [0, 0.05) is 5.69 Å². The van der Waals surface area contributed by atoms with Crippen molar-refractivity contribution in [3.63, 3.8) is 0 Å². The van der Waals surface area contributed by atoms with Crippen molar-refractivity contribution in [3.8, 4) is 0 Å². The average Bonchev–Trinajstić information content (AvgIpc) is 3.20. The molecule has 0 saturated carbocycles. The number of nitrogens with two attached hydrogens (primary N) is 1. The van der Waals surface area contributed by atoms with Gasteiger partial charge in [0.2, 0.25) is 5.91 Å². The van der Waals surface area contributed by atoms with Gasteiger partial charge in [-0.25, -0.2) is 4.98 Å². The number of benzene rings is 1. The Bertz CT molecular complexity index is 1110. The van der Waals surface area contributed by atoms with Crippen LogP contribution in [0.4, 0.5) is 17.2 Å². The highest BCUT2D eigenvalue weighted by atomic mass is 32.2. The molecule has 1 aromatic carbocycles. The summed E-state index contributed by atoms with van der Waals surface area (Å²) in [6.45, 7) is 3.88. The normalized spacial score (nSPS) is 10.6. The SMILES string of the molecule is Cc1ccc(NC(=O)CSc2nc(N)c(NC(=O)c3ccco3)c(=O)[nH]2)c(C)c1. The summed E-state index contributed by atoms with van der Waals surface area (Å²) >= 11 is 1.02. The molecule has 2 amide bonds. The molecule has 0 radical (unpaired) electrons. The van der Waals surface area contributed by atoms with Crippen LogP contribution in [0.2, 0.25) is 0 Å². The summed E-state index contributed by atoms with van der Waals surface area (Å²) in [6, 6.07) is 8.71. The Balaban J connectivity index is 1.63. The molecule has 0 fully saturated rings. The highest BCUT2D eigenvalue weighted by molar-refractivity contribution is 7.99. The maximum absolute atomic E-state index is 12.2. The molecule has 9 nitrogen and oxygen atoms in total. The van der Waals surface area contributed by atoms with Gasteiger partial charge in [-0.05, 0) is 37.6 Å². The van der Waals surface area contributed by atoms with E-state index < -0.39 is 11.5 Å². The van der Waals surface area contributed by atoms with E-state index in [9.17, 15) is 14.4 Å². The molecule has 150 valence electrons. The number of thioether (sulfide) groups is 1. The van der Waals surface area contributed by atoms with Gasteiger partial charge in [-0.15, -0.1) is 0 Å². The third-order valence-corrected chi connectivity index (χ3v) is 4.78. The number of aromatic nitrogens is 2. The molecular weight excluding hydrogens is 394 g/mol. The van der Waals surface area contributed by atoms with Gasteiger partial charge < -0.3 is 20.8 Å². The number of hydrogen-bond acceptors (Lipinski definition) is 7. The molecule has 2 heterocycles. The van der Waals surface area contributed by atoms with Gasteiger partial charge in [0.1, 0.15) is 0 Å². The number of H-pyrrole nitrogens is 1. The van der Waals surface area contributed by atoms with E-state index in [1.807, 2.05) is 32.0 Å². The lowest BCUT2D eigenvalue weighted by molar-refractivity contribution is -0.113. The summed E-state index contributed by atoms with van der Waals surface area (Å²) in [7, 11) is 0. The molecule has 3 aromatic rings. The number of aryl methyl sites for hydroxylation is 2. The number of carbonyl (C=O) groups excluding carboxylic acids is 2. The minimum Gasteiger partial charge on any atom is -0.459 e. The van der Waals surface area contributed by atoms with Crippen LogP contribution < -0.4 is 21.9 Å². The first kappa shape index (κ1) is 20.2. The zero-order chi connectivity index (χ0) is 21.0. The van der Waals surface area contributed by atoms with Crippen LogP contribution in [0.25, 0.3) is 0 Å². The van der Waals surface area contributed by atoms with Crippen LogP contribution in [-0.4, -0.2) is 27.5 Å². The first-order valence-corrected chi connectivity index (χ1v) is 9.56. The Morgan fingerprint density at radius 1 is 1.24 bits per heavy atom. The molecule has 0 atom stereocenters. The molecule has 0 bridgehead atoms. The monoisotopic (exact) mass is 413 g/mol. The summed E-state index contributed by atoms with van der Waals surface area (Å²) in [4.78, 5) is 43.0. The van der Waals surface area contributed by atoms with Crippen molar-refractivity contribution in [1.29, 1.82) is 0 Å². The van der Waals surface area contributed by atoms with E-state index in [-0.39, 0.29) is 34.1 Å². The summed E-state index contributed by atoms with van der Waals surface area (Å²) < 4.78 is 4.97. The average molecular weight is 413 g/mol. The predicted octanol–water partition coefficient (Wildman–Crippen LogP) is 2.55. The third kappa shape index (κ3) is 5.05. The lowest BCUT2D eigenvalue weighted by Gasteiger charge is -2.09. The number of rotatable bonds is 6. The fraction of sp³-hybridized carbons (Fsp3) is 0.158. The van der Waals surface area contributed by atoms with Crippen molar-refractivity contribution < 1.29 is 14.0 Å². The van der Waals surface area contributed by atoms with Gasteiger partial charge in [-0.2, -0.15) is 0 Å². The molecule has 0 aliphatic rings. The minimum absolute atomic E-state index is 0.0216. The van der Waals surface area contributed by atoms with Crippen LogP contribution in [0.15, 0.2) is 51.0 Å². The number of amides is 2. The van der Waals surface area contributed by atoms with E-state index in [1.54, 1.807) is 6.07 Å². The molecule has 29 heavy (non-hydrogen) atoms. The summed E-state index contributed by atoms with van der Waals surface area (Å²) in [6.07, 6.45) is 1.34. The third-order valence-electron chi connectivity index (χ3n) is 3.91. The Hall–Kier alpha value is -3.53. The lowest BCUT2D eigenvalue weighted by atomic mass is 10.1.